The largest absolute Gasteiger partial charge is 0.344 e. The second-order valence-electron chi connectivity index (χ2n) is 4.59. The number of carbonyl (C=O) groups is 1. The summed E-state index contributed by atoms with van der Waals surface area (Å²) in [6.07, 6.45) is 5.04. The lowest BCUT2D eigenvalue weighted by atomic mass is 9.96. The van der Waals surface area contributed by atoms with E-state index in [9.17, 15) is 4.79 Å². The molecule has 1 amide bonds. The van der Waals surface area contributed by atoms with Gasteiger partial charge in [-0.25, -0.2) is 0 Å². The van der Waals surface area contributed by atoms with Gasteiger partial charge in [-0.15, -0.1) is 6.42 Å². The molecule has 0 aromatic rings. The number of rotatable bonds is 4. The Morgan fingerprint density at radius 3 is 2.50 bits per heavy atom. The monoisotopic (exact) mass is 196 g/mol. The molecule has 0 aliphatic heterocycles. The van der Waals surface area contributed by atoms with Crippen molar-refractivity contribution in [3.8, 4) is 12.3 Å². The van der Waals surface area contributed by atoms with Crippen LogP contribution in [0.3, 0.4) is 0 Å². The number of nitrogens with one attached hydrogen (secondary N) is 2. The Labute approximate surface area is 86.6 Å². The SMILES string of the molecule is C#CCNC(=O)C(C)NCC(C)(C)C. The molecule has 2 N–H and O–H groups in total. The van der Waals surface area contributed by atoms with Crippen LogP contribution in [0.4, 0.5) is 0 Å². The van der Waals surface area contributed by atoms with Gasteiger partial charge in [-0.3, -0.25) is 4.79 Å². The number of hydrogen-bond acceptors (Lipinski definition) is 2. The van der Waals surface area contributed by atoms with Crippen molar-refractivity contribution in [2.45, 2.75) is 33.7 Å². The molecule has 14 heavy (non-hydrogen) atoms. The van der Waals surface area contributed by atoms with E-state index in [4.69, 9.17) is 6.42 Å². The average molecular weight is 196 g/mol. The van der Waals surface area contributed by atoms with Crippen LogP contribution in [0.5, 0.6) is 0 Å². The number of hydrogen-bond donors (Lipinski definition) is 2. The van der Waals surface area contributed by atoms with Gasteiger partial charge in [-0.2, -0.15) is 0 Å². The topological polar surface area (TPSA) is 41.1 Å². The zero-order valence-electron chi connectivity index (χ0n) is 9.48. The zero-order valence-corrected chi connectivity index (χ0v) is 9.48. The van der Waals surface area contributed by atoms with E-state index >= 15 is 0 Å². The quantitative estimate of drug-likeness (QED) is 0.652. The summed E-state index contributed by atoms with van der Waals surface area (Å²) < 4.78 is 0. The fourth-order valence-electron chi connectivity index (χ4n) is 0.843. The van der Waals surface area contributed by atoms with Crippen molar-refractivity contribution in [1.82, 2.24) is 10.6 Å². The lowest BCUT2D eigenvalue weighted by Crippen LogP contribution is -2.44. The molecule has 0 bridgehead atoms. The minimum Gasteiger partial charge on any atom is -0.344 e. The molecule has 0 heterocycles. The Kier molecular flexibility index (Phi) is 5.26. The molecule has 0 aliphatic carbocycles. The fraction of sp³-hybridized carbons (Fsp3) is 0.727. The molecule has 0 radical (unpaired) electrons. The Balaban J connectivity index is 3.80. The van der Waals surface area contributed by atoms with Gasteiger partial charge in [0.05, 0.1) is 12.6 Å². The van der Waals surface area contributed by atoms with E-state index in [-0.39, 0.29) is 17.4 Å². The van der Waals surface area contributed by atoms with Gasteiger partial charge in [0.15, 0.2) is 0 Å². The third kappa shape index (κ3) is 6.50. The van der Waals surface area contributed by atoms with Crippen LogP contribution < -0.4 is 10.6 Å². The number of amides is 1. The van der Waals surface area contributed by atoms with E-state index in [0.29, 0.717) is 6.54 Å². The summed E-state index contributed by atoms with van der Waals surface area (Å²) in [4.78, 5) is 11.3. The van der Waals surface area contributed by atoms with Crippen molar-refractivity contribution < 1.29 is 4.79 Å². The molecule has 3 nitrogen and oxygen atoms in total. The van der Waals surface area contributed by atoms with Crippen molar-refractivity contribution in [2.24, 2.45) is 5.41 Å². The minimum absolute atomic E-state index is 0.0489. The summed E-state index contributed by atoms with van der Waals surface area (Å²) in [5, 5.41) is 5.78. The first-order valence-electron chi connectivity index (χ1n) is 4.81. The highest BCUT2D eigenvalue weighted by atomic mass is 16.2. The second kappa shape index (κ2) is 5.66. The summed E-state index contributed by atoms with van der Waals surface area (Å²) >= 11 is 0. The molecule has 0 fully saturated rings. The molecular formula is C11H20N2O. The van der Waals surface area contributed by atoms with Gasteiger partial charge < -0.3 is 10.6 Å². The van der Waals surface area contributed by atoms with Gasteiger partial charge in [-0.1, -0.05) is 26.7 Å². The van der Waals surface area contributed by atoms with Crippen molar-refractivity contribution in [3.05, 3.63) is 0 Å². The Morgan fingerprint density at radius 2 is 2.07 bits per heavy atom. The predicted octanol–water partition coefficient (Wildman–Crippen LogP) is 0.760. The lowest BCUT2D eigenvalue weighted by molar-refractivity contribution is -0.122. The predicted molar refractivity (Wildman–Crippen MR) is 58.8 cm³/mol. The van der Waals surface area contributed by atoms with Crippen LogP contribution in [0.15, 0.2) is 0 Å². The Morgan fingerprint density at radius 1 is 1.50 bits per heavy atom. The van der Waals surface area contributed by atoms with Crippen LogP contribution in [0, 0.1) is 17.8 Å². The molecule has 0 saturated carbocycles. The minimum atomic E-state index is -0.192. The molecule has 0 aliphatic rings. The van der Waals surface area contributed by atoms with E-state index in [1.54, 1.807) is 0 Å². The third-order valence-electron chi connectivity index (χ3n) is 1.70. The lowest BCUT2D eigenvalue weighted by Gasteiger charge is -2.21. The van der Waals surface area contributed by atoms with Crippen LogP contribution in [-0.2, 0) is 4.79 Å². The maximum Gasteiger partial charge on any atom is 0.237 e. The Hall–Kier alpha value is -1.01. The normalized spacial score (nSPS) is 13.1. The van der Waals surface area contributed by atoms with Gasteiger partial charge >= 0.3 is 0 Å². The van der Waals surface area contributed by atoms with E-state index in [1.807, 2.05) is 6.92 Å². The summed E-state index contributed by atoms with van der Waals surface area (Å²) in [5.74, 6) is 2.32. The van der Waals surface area contributed by atoms with Gasteiger partial charge in [0.25, 0.3) is 0 Å². The summed E-state index contributed by atoms with van der Waals surface area (Å²) in [6.45, 7) is 9.28. The highest BCUT2D eigenvalue weighted by Crippen LogP contribution is 2.10. The first-order valence-corrected chi connectivity index (χ1v) is 4.81. The van der Waals surface area contributed by atoms with Gasteiger partial charge in [-0.05, 0) is 12.3 Å². The maximum absolute atomic E-state index is 11.3. The summed E-state index contributed by atoms with van der Waals surface area (Å²) in [6, 6.07) is -0.192. The highest BCUT2D eigenvalue weighted by Gasteiger charge is 2.15. The standard InChI is InChI=1S/C11H20N2O/c1-6-7-12-10(14)9(2)13-8-11(3,4)5/h1,9,13H,7-8H2,2-5H3,(H,12,14). The molecule has 0 aromatic carbocycles. The van der Waals surface area contributed by atoms with Crippen LogP contribution in [0.2, 0.25) is 0 Å². The molecule has 80 valence electrons. The van der Waals surface area contributed by atoms with Crippen molar-refractivity contribution in [2.75, 3.05) is 13.1 Å². The van der Waals surface area contributed by atoms with E-state index in [0.717, 1.165) is 6.54 Å². The van der Waals surface area contributed by atoms with Crippen LogP contribution >= 0.6 is 0 Å². The number of carbonyl (C=O) groups excluding carboxylic acids is 1. The van der Waals surface area contributed by atoms with Gasteiger partial charge in [0, 0.05) is 6.54 Å². The smallest absolute Gasteiger partial charge is 0.237 e. The fourth-order valence-corrected chi connectivity index (χ4v) is 0.843. The van der Waals surface area contributed by atoms with Crippen molar-refractivity contribution >= 4 is 5.91 Å². The van der Waals surface area contributed by atoms with Crippen molar-refractivity contribution in [1.29, 1.82) is 0 Å². The highest BCUT2D eigenvalue weighted by molar-refractivity contribution is 5.81. The number of terminal acetylenes is 1. The van der Waals surface area contributed by atoms with Gasteiger partial charge in [0.2, 0.25) is 5.91 Å². The molecule has 0 saturated heterocycles. The van der Waals surface area contributed by atoms with E-state index < -0.39 is 0 Å². The van der Waals surface area contributed by atoms with E-state index in [1.165, 1.54) is 0 Å². The summed E-state index contributed by atoms with van der Waals surface area (Å²) in [7, 11) is 0. The molecule has 1 unspecified atom stereocenters. The molecule has 1 atom stereocenters. The molecule has 0 rings (SSSR count). The molecule has 0 aromatic heterocycles. The van der Waals surface area contributed by atoms with Crippen LogP contribution in [-0.4, -0.2) is 25.0 Å². The molecular weight excluding hydrogens is 176 g/mol. The zero-order chi connectivity index (χ0) is 11.2. The molecule has 3 heteroatoms. The van der Waals surface area contributed by atoms with Gasteiger partial charge in [0.1, 0.15) is 0 Å². The summed E-state index contributed by atoms with van der Waals surface area (Å²) in [5.41, 5.74) is 0.181. The van der Waals surface area contributed by atoms with Crippen molar-refractivity contribution in [3.63, 3.8) is 0 Å². The first-order chi connectivity index (χ1) is 6.37. The van der Waals surface area contributed by atoms with Crippen LogP contribution in [0.1, 0.15) is 27.7 Å². The average Bonchev–Trinajstić information content (AvgIpc) is 2.09. The van der Waals surface area contributed by atoms with E-state index in [2.05, 4.69) is 37.3 Å². The second-order valence-corrected chi connectivity index (χ2v) is 4.59. The maximum atomic E-state index is 11.3. The Bertz CT molecular complexity index is 222. The third-order valence-corrected chi connectivity index (χ3v) is 1.70. The van der Waals surface area contributed by atoms with Crippen LogP contribution in [0.25, 0.3) is 0 Å². The molecule has 0 spiro atoms. The first kappa shape index (κ1) is 13.0.